The number of carbonyl (C=O) groups excluding carboxylic acids is 1. The van der Waals surface area contributed by atoms with Gasteiger partial charge in [0.25, 0.3) is 5.91 Å². The molecule has 1 atom stereocenters. The van der Waals surface area contributed by atoms with Crippen LogP contribution in [0.4, 0.5) is 0 Å². The van der Waals surface area contributed by atoms with E-state index in [2.05, 4.69) is 25.9 Å². The highest BCUT2D eigenvalue weighted by molar-refractivity contribution is 6.32. The fraction of sp³-hybridized carbons (Fsp3) is 0.333. The molecule has 1 aromatic carbocycles. The van der Waals surface area contributed by atoms with Crippen molar-refractivity contribution in [2.24, 2.45) is 0 Å². The molecule has 7 nitrogen and oxygen atoms in total. The van der Waals surface area contributed by atoms with Crippen LogP contribution < -0.4 is 10.1 Å². The summed E-state index contributed by atoms with van der Waals surface area (Å²) in [6.45, 7) is 3.54. The molecule has 2 N–H and O–H groups in total. The third-order valence-corrected chi connectivity index (χ3v) is 2.88. The summed E-state index contributed by atoms with van der Waals surface area (Å²) in [7, 11) is 0. The highest BCUT2D eigenvalue weighted by atomic mass is 35.5. The summed E-state index contributed by atoms with van der Waals surface area (Å²) >= 11 is 5.98. The molecule has 0 bridgehead atoms. The van der Waals surface area contributed by atoms with E-state index in [-0.39, 0.29) is 18.6 Å². The van der Waals surface area contributed by atoms with Crippen molar-refractivity contribution in [3.8, 4) is 5.75 Å². The standard InChI is InChI=1S/C12H14ClN5O2/c1-7-3-4-9(13)10(5-7)20-6-11(19)14-8(2)12-15-17-18-16-12/h3-5,8H,6H2,1-2H3,(H,14,19)(H,15,16,17,18). The number of rotatable bonds is 5. The Morgan fingerprint density at radius 1 is 1.55 bits per heavy atom. The van der Waals surface area contributed by atoms with Crippen LogP contribution >= 0.6 is 11.6 Å². The maximum absolute atomic E-state index is 11.8. The van der Waals surface area contributed by atoms with E-state index >= 15 is 0 Å². The molecule has 0 aliphatic rings. The van der Waals surface area contributed by atoms with Crippen LogP contribution in [0.5, 0.6) is 5.75 Å². The first kappa shape index (κ1) is 14.3. The maximum atomic E-state index is 11.8. The van der Waals surface area contributed by atoms with Crippen LogP contribution in [0.3, 0.4) is 0 Å². The number of aromatic nitrogens is 4. The monoisotopic (exact) mass is 295 g/mol. The molecule has 1 aromatic heterocycles. The Morgan fingerprint density at radius 3 is 3.05 bits per heavy atom. The van der Waals surface area contributed by atoms with Gasteiger partial charge in [0.1, 0.15) is 5.75 Å². The van der Waals surface area contributed by atoms with Gasteiger partial charge in [0.15, 0.2) is 12.4 Å². The van der Waals surface area contributed by atoms with Crippen molar-refractivity contribution in [1.29, 1.82) is 0 Å². The second kappa shape index (κ2) is 6.33. The van der Waals surface area contributed by atoms with Gasteiger partial charge < -0.3 is 10.1 Å². The van der Waals surface area contributed by atoms with Gasteiger partial charge in [-0.1, -0.05) is 22.9 Å². The lowest BCUT2D eigenvalue weighted by Crippen LogP contribution is -2.31. The molecule has 2 rings (SSSR count). The molecule has 20 heavy (non-hydrogen) atoms. The molecule has 0 spiro atoms. The van der Waals surface area contributed by atoms with Gasteiger partial charge >= 0.3 is 0 Å². The van der Waals surface area contributed by atoms with E-state index in [4.69, 9.17) is 16.3 Å². The number of hydrogen-bond acceptors (Lipinski definition) is 5. The zero-order chi connectivity index (χ0) is 14.5. The molecule has 0 aliphatic carbocycles. The van der Waals surface area contributed by atoms with Crippen molar-refractivity contribution >= 4 is 17.5 Å². The molecule has 2 aromatic rings. The number of tetrazole rings is 1. The third-order valence-electron chi connectivity index (χ3n) is 2.57. The smallest absolute Gasteiger partial charge is 0.258 e. The number of nitrogens with zero attached hydrogens (tertiary/aromatic N) is 3. The number of ether oxygens (including phenoxy) is 1. The van der Waals surface area contributed by atoms with E-state index < -0.39 is 0 Å². The second-order valence-electron chi connectivity index (χ2n) is 4.28. The Balaban J connectivity index is 1.87. The summed E-state index contributed by atoms with van der Waals surface area (Å²) < 4.78 is 5.39. The number of aromatic amines is 1. The van der Waals surface area contributed by atoms with Crippen molar-refractivity contribution in [3.05, 3.63) is 34.6 Å². The molecule has 1 heterocycles. The van der Waals surface area contributed by atoms with Gasteiger partial charge in [-0.2, -0.15) is 5.21 Å². The Labute approximate surface area is 120 Å². The summed E-state index contributed by atoms with van der Waals surface area (Å²) in [4.78, 5) is 11.8. The minimum atomic E-state index is -0.349. The predicted molar refractivity (Wildman–Crippen MR) is 72.4 cm³/mol. The Bertz CT molecular complexity index is 588. The summed E-state index contributed by atoms with van der Waals surface area (Å²) in [6, 6.07) is 5.02. The van der Waals surface area contributed by atoms with E-state index in [1.54, 1.807) is 19.1 Å². The molecule has 0 fully saturated rings. The average Bonchev–Trinajstić information content (AvgIpc) is 2.94. The van der Waals surface area contributed by atoms with E-state index in [9.17, 15) is 4.79 Å². The number of amides is 1. The maximum Gasteiger partial charge on any atom is 0.258 e. The van der Waals surface area contributed by atoms with Crippen LogP contribution in [0.1, 0.15) is 24.4 Å². The highest BCUT2D eigenvalue weighted by Crippen LogP contribution is 2.25. The SMILES string of the molecule is Cc1ccc(Cl)c(OCC(=O)NC(C)c2nn[nH]n2)c1. The van der Waals surface area contributed by atoms with E-state index in [0.717, 1.165) is 5.56 Å². The average molecular weight is 296 g/mol. The summed E-state index contributed by atoms with van der Waals surface area (Å²) in [5.74, 6) is 0.598. The van der Waals surface area contributed by atoms with Gasteiger partial charge in [-0.25, -0.2) is 0 Å². The summed E-state index contributed by atoms with van der Waals surface area (Å²) in [6.07, 6.45) is 0. The number of aryl methyl sites for hydroxylation is 1. The molecule has 1 unspecified atom stereocenters. The van der Waals surface area contributed by atoms with E-state index in [0.29, 0.717) is 16.6 Å². The molecular formula is C12H14ClN5O2. The molecule has 1 amide bonds. The lowest BCUT2D eigenvalue weighted by Gasteiger charge is -2.12. The molecule has 0 aliphatic heterocycles. The van der Waals surface area contributed by atoms with E-state index in [1.807, 2.05) is 13.0 Å². The van der Waals surface area contributed by atoms with Crippen LogP contribution in [-0.4, -0.2) is 33.1 Å². The van der Waals surface area contributed by atoms with Crippen LogP contribution in [0.2, 0.25) is 5.02 Å². The first-order valence-electron chi connectivity index (χ1n) is 5.98. The topological polar surface area (TPSA) is 92.8 Å². The van der Waals surface area contributed by atoms with Gasteiger partial charge in [-0.15, -0.1) is 10.2 Å². The fourth-order valence-electron chi connectivity index (χ4n) is 1.57. The predicted octanol–water partition coefficient (Wildman–Crippen LogP) is 1.42. The Morgan fingerprint density at radius 2 is 2.35 bits per heavy atom. The second-order valence-corrected chi connectivity index (χ2v) is 4.69. The normalized spacial score (nSPS) is 11.9. The van der Waals surface area contributed by atoms with Crippen LogP contribution in [0.15, 0.2) is 18.2 Å². The lowest BCUT2D eigenvalue weighted by atomic mass is 10.2. The van der Waals surface area contributed by atoms with Gasteiger partial charge in [0, 0.05) is 0 Å². The Kier molecular flexibility index (Phi) is 4.52. The summed E-state index contributed by atoms with van der Waals surface area (Å²) in [5, 5.41) is 16.5. The number of benzene rings is 1. The minimum Gasteiger partial charge on any atom is -0.482 e. The summed E-state index contributed by atoms with van der Waals surface area (Å²) in [5.41, 5.74) is 1.00. The Hall–Kier alpha value is -2.15. The van der Waals surface area contributed by atoms with Gasteiger partial charge in [0.05, 0.1) is 11.1 Å². The van der Waals surface area contributed by atoms with Crippen LogP contribution in [-0.2, 0) is 4.79 Å². The number of halogens is 1. The lowest BCUT2D eigenvalue weighted by molar-refractivity contribution is -0.123. The van der Waals surface area contributed by atoms with Crippen molar-refractivity contribution in [2.75, 3.05) is 6.61 Å². The molecule has 0 saturated heterocycles. The fourth-order valence-corrected chi connectivity index (χ4v) is 1.74. The van der Waals surface area contributed by atoms with Crippen molar-refractivity contribution in [1.82, 2.24) is 25.9 Å². The minimum absolute atomic E-state index is 0.134. The number of carbonyl (C=O) groups is 1. The number of hydrogen-bond donors (Lipinski definition) is 2. The highest BCUT2D eigenvalue weighted by Gasteiger charge is 2.14. The van der Waals surface area contributed by atoms with Crippen molar-refractivity contribution in [3.63, 3.8) is 0 Å². The van der Waals surface area contributed by atoms with Crippen molar-refractivity contribution in [2.45, 2.75) is 19.9 Å². The molecule has 0 saturated carbocycles. The zero-order valence-electron chi connectivity index (χ0n) is 11.1. The van der Waals surface area contributed by atoms with E-state index in [1.165, 1.54) is 0 Å². The molecule has 106 valence electrons. The largest absolute Gasteiger partial charge is 0.482 e. The van der Waals surface area contributed by atoms with Crippen molar-refractivity contribution < 1.29 is 9.53 Å². The first-order chi connectivity index (χ1) is 9.56. The van der Waals surface area contributed by atoms with Gasteiger partial charge in [0.2, 0.25) is 0 Å². The number of nitrogens with one attached hydrogen (secondary N) is 2. The van der Waals surface area contributed by atoms with Crippen LogP contribution in [0.25, 0.3) is 0 Å². The quantitative estimate of drug-likeness (QED) is 0.870. The first-order valence-corrected chi connectivity index (χ1v) is 6.35. The van der Waals surface area contributed by atoms with Crippen LogP contribution in [0, 0.1) is 6.92 Å². The van der Waals surface area contributed by atoms with Gasteiger partial charge in [-0.3, -0.25) is 4.79 Å². The molecule has 8 heteroatoms. The zero-order valence-corrected chi connectivity index (χ0v) is 11.8. The van der Waals surface area contributed by atoms with Gasteiger partial charge in [-0.05, 0) is 31.5 Å². The molecular weight excluding hydrogens is 282 g/mol. The number of H-pyrrole nitrogens is 1. The molecule has 0 radical (unpaired) electrons. The third kappa shape index (κ3) is 3.67.